The Hall–Kier alpha value is -1.35. The lowest BCUT2D eigenvalue weighted by Gasteiger charge is -1.93. The molecule has 0 aliphatic carbocycles. The number of hydrogen-bond acceptors (Lipinski definition) is 3. The Kier molecular flexibility index (Phi) is 3.29. The topological polar surface area (TPSA) is 64.9 Å². The highest BCUT2D eigenvalue weighted by molar-refractivity contribution is 5.52. The molecule has 0 atom stereocenters. The molecule has 0 saturated carbocycles. The van der Waals surface area contributed by atoms with E-state index in [1.165, 1.54) is 0 Å². The van der Waals surface area contributed by atoms with Crippen molar-refractivity contribution in [3.8, 4) is 0 Å². The van der Waals surface area contributed by atoms with Crippen molar-refractivity contribution < 1.29 is 0 Å². The summed E-state index contributed by atoms with van der Waals surface area (Å²) < 4.78 is 0. The third kappa shape index (κ3) is 2.72. The summed E-state index contributed by atoms with van der Waals surface area (Å²) in [5.74, 6) is 0.546. The van der Waals surface area contributed by atoms with Gasteiger partial charge in [-0.1, -0.05) is 12.2 Å². The van der Waals surface area contributed by atoms with E-state index in [9.17, 15) is 0 Å². The summed E-state index contributed by atoms with van der Waals surface area (Å²) in [6.45, 7) is 0.678. The number of rotatable bonds is 3. The number of pyridine rings is 1. The van der Waals surface area contributed by atoms with Crippen LogP contribution in [0.4, 0.5) is 5.82 Å². The molecule has 0 amide bonds. The lowest BCUT2D eigenvalue weighted by molar-refractivity contribution is 1.01. The molecule has 3 nitrogen and oxygen atoms in total. The number of nitrogens with two attached hydrogens (primary N) is 2. The molecule has 1 rings (SSSR count). The molecule has 3 heteroatoms. The van der Waals surface area contributed by atoms with Crippen LogP contribution in [-0.4, -0.2) is 11.5 Å². The summed E-state index contributed by atoms with van der Waals surface area (Å²) in [5.41, 5.74) is 11.9. The lowest BCUT2D eigenvalue weighted by Crippen LogP contribution is -1.95. The van der Waals surface area contributed by atoms with Crippen molar-refractivity contribution in [1.29, 1.82) is 0 Å². The highest BCUT2D eigenvalue weighted by Crippen LogP contribution is 2.04. The molecular formula is C9H13N3. The molecule has 0 aromatic carbocycles. The first-order chi connectivity index (χ1) is 5.83. The zero-order chi connectivity index (χ0) is 8.81. The number of hydrogen-bond donors (Lipinski definition) is 2. The van der Waals surface area contributed by atoms with Gasteiger partial charge in [-0.15, -0.1) is 0 Å². The molecule has 0 aliphatic heterocycles. The minimum atomic E-state index is 0.546. The minimum absolute atomic E-state index is 0.546. The quantitative estimate of drug-likeness (QED) is 0.699. The molecule has 0 saturated heterocycles. The SMILES string of the molecule is NCCC=Cc1ccnc(N)c1. The van der Waals surface area contributed by atoms with Crippen molar-refractivity contribution in [3.05, 3.63) is 30.0 Å². The molecule has 0 radical (unpaired) electrons. The second-order valence-electron chi connectivity index (χ2n) is 2.49. The minimum Gasteiger partial charge on any atom is -0.384 e. The van der Waals surface area contributed by atoms with Crippen LogP contribution in [0.25, 0.3) is 6.08 Å². The van der Waals surface area contributed by atoms with E-state index in [4.69, 9.17) is 11.5 Å². The maximum Gasteiger partial charge on any atom is 0.123 e. The van der Waals surface area contributed by atoms with Crippen molar-refractivity contribution in [2.24, 2.45) is 5.73 Å². The van der Waals surface area contributed by atoms with Gasteiger partial charge in [-0.25, -0.2) is 4.98 Å². The van der Waals surface area contributed by atoms with E-state index in [1.807, 2.05) is 24.3 Å². The molecular weight excluding hydrogens is 150 g/mol. The first-order valence-electron chi connectivity index (χ1n) is 3.91. The summed E-state index contributed by atoms with van der Waals surface area (Å²) in [7, 11) is 0. The fourth-order valence-corrected chi connectivity index (χ4v) is 0.885. The largest absolute Gasteiger partial charge is 0.384 e. The Bertz CT molecular complexity index is 268. The number of aromatic nitrogens is 1. The average molecular weight is 163 g/mol. The molecule has 0 spiro atoms. The van der Waals surface area contributed by atoms with Crippen LogP contribution in [0.3, 0.4) is 0 Å². The van der Waals surface area contributed by atoms with Crippen LogP contribution in [-0.2, 0) is 0 Å². The van der Waals surface area contributed by atoms with Crippen molar-refractivity contribution in [3.63, 3.8) is 0 Å². The van der Waals surface area contributed by atoms with Crippen LogP contribution in [0, 0.1) is 0 Å². The van der Waals surface area contributed by atoms with E-state index >= 15 is 0 Å². The van der Waals surface area contributed by atoms with Gasteiger partial charge in [0.15, 0.2) is 0 Å². The first-order valence-corrected chi connectivity index (χ1v) is 3.91. The Balaban J connectivity index is 2.63. The second-order valence-corrected chi connectivity index (χ2v) is 2.49. The Morgan fingerprint density at radius 2 is 2.33 bits per heavy atom. The van der Waals surface area contributed by atoms with E-state index in [0.717, 1.165) is 12.0 Å². The van der Waals surface area contributed by atoms with Gasteiger partial charge in [-0.05, 0) is 30.7 Å². The van der Waals surface area contributed by atoms with Gasteiger partial charge in [0.05, 0.1) is 0 Å². The fourth-order valence-electron chi connectivity index (χ4n) is 0.885. The molecule has 1 heterocycles. The van der Waals surface area contributed by atoms with E-state index in [1.54, 1.807) is 6.20 Å². The van der Waals surface area contributed by atoms with Crippen LogP contribution >= 0.6 is 0 Å². The number of anilines is 1. The molecule has 64 valence electrons. The average Bonchev–Trinajstić information content (AvgIpc) is 2.05. The second kappa shape index (κ2) is 4.51. The summed E-state index contributed by atoms with van der Waals surface area (Å²) in [6, 6.07) is 3.73. The molecule has 1 aromatic heterocycles. The lowest BCUT2D eigenvalue weighted by atomic mass is 10.2. The Morgan fingerprint density at radius 1 is 1.50 bits per heavy atom. The van der Waals surface area contributed by atoms with E-state index in [-0.39, 0.29) is 0 Å². The molecule has 4 N–H and O–H groups in total. The molecule has 0 bridgehead atoms. The van der Waals surface area contributed by atoms with Crippen LogP contribution < -0.4 is 11.5 Å². The summed E-state index contributed by atoms with van der Waals surface area (Å²) in [4.78, 5) is 3.89. The summed E-state index contributed by atoms with van der Waals surface area (Å²) >= 11 is 0. The molecule has 0 unspecified atom stereocenters. The van der Waals surface area contributed by atoms with Crippen LogP contribution in [0.15, 0.2) is 24.4 Å². The highest BCUT2D eigenvalue weighted by Gasteiger charge is 1.87. The Labute approximate surface area is 72.1 Å². The third-order valence-electron chi connectivity index (χ3n) is 1.45. The van der Waals surface area contributed by atoms with Gasteiger partial charge in [0.2, 0.25) is 0 Å². The van der Waals surface area contributed by atoms with Gasteiger partial charge in [0.25, 0.3) is 0 Å². The van der Waals surface area contributed by atoms with Crippen molar-refractivity contribution in [2.75, 3.05) is 12.3 Å². The smallest absolute Gasteiger partial charge is 0.123 e. The highest BCUT2D eigenvalue weighted by atomic mass is 14.8. The zero-order valence-electron chi connectivity index (χ0n) is 6.90. The monoisotopic (exact) mass is 163 g/mol. The van der Waals surface area contributed by atoms with Crippen molar-refractivity contribution in [2.45, 2.75) is 6.42 Å². The molecule has 0 fully saturated rings. The summed E-state index contributed by atoms with van der Waals surface area (Å²) in [5, 5.41) is 0. The fraction of sp³-hybridized carbons (Fsp3) is 0.222. The van der Waals surface area contributed by atoms with Gasteiger partial charge < -0.3 is 11.5 Å². The van der Waals surface area contributed by atoms with Crippen LogP contribution in [0.2, 0.25) is 0 Å². The predicted octanol–water partition coefficient (Wildman–Crippen LogP) is 1.03. The van der Waals surface area contributed by atoms with Crippen LogP contribution in [0.1, 0.15) is 12.0 Å². The molecule has 12 heavy (non-hydrogen) atoms. The van der Waals surface area contributed by atoms with E-state index in [2.05, 4.69) is 4.98 Å². The zero-order valence-corrected chi connectivity index (χ0v) is 6.90. The predicted molar refractivity (Wildman–Crippen MR) is 51.4 cm³/mol. The standard InChI is InChI=1S/C9H13N3/c10-5-2-1-3-8-4-6-12-9(11)7-8/h1,3-4,6-7H,2,5,10H2,(H2,11,12). The van der Waals surface area contributed by atoms with Gasteiger partial charge in [0.1, 0.15) is 5.82 Å². The Morgan fingerprint density at radius 3 is 3.00 bits per heavy atom. The van der Waals surface area contributed by atoms with Gasteiger partial charge in [-0.3, -0.25) is 0 Å². The normalized spacial score (nSPS) is 10.8. The number of nitrogens with zero attached hydrogens (tertiary/aromatic N) is 1. The van der Waals surface area contributed by atoms with Crippen LogP contribution in [0.5, 0.6) is 0 Å². The van der Waals surface area contributed by atoms with Gasteiger partial charge in [0, 0.05) is 6.20 Å². The molecule has 0 aliphatic rings. The first kappa shape index (κ1) is 8.74. The molecule has 1 aromatic rings. The maximum atomic E-state index is 5.49. The van der Waals surface area contributed by atoms with Crippen molar-refractivity contribution >= 4 is 11.9 Å². The van der Waals surface area contributed by atoms with Crippen molar-refractivity contribution in [1.82, 2.24) is 4.98 Å². The number of nitrogen functional groups attached to an aromatic ring is 1. The third-order valence-corrected chi connectivity index (χ3v) is 1.45. The van der Waals surface area contributed by atoms with E-state index < -0.39 is 0 Å². The van der Waals surface area contributed by atoms with Gasteiger partial charge in [-0.2, -0.15) is 0 Å². The van der Waals surface area contributed by atoms with E-state index in [0.29, 0.717) is 12.4 Å². The maximum absolute atomic E-state index is 5.49. The summed E-state index contributed by atoms with van der Waals surface area (Å²) in [6.07, 6.45) is 6.60. The van der Waals surface area contributed by atoms with Gasteiger partial charge >= 0.3 is 0 Å².